The Morgan fingerprint density at radius 3 is 2.19 bits per heavy atom. The summed E-state index contributed by atoms with van der Waals surface area (Å²) in [7, 11) is -4.20. The molecule has 2 fully saturated rings. The van der Waals surface area contributed by atoms with Gasteiger partial charge in [0.05, 0.1) is 23.6 Å². The first-order valence-electron chi connectivity index (χ1n) is 13.7. The number of fused-ring (bicyclic) bond motifs is 1. The van der Waals surface area contributed by atoms with E-state index in [2.05, 4.69) is 10.5 Å². The van der Waals surface area contributed by atoms with Gasteiger partial charge in [0.1, 0.15) is 23.0 Å². The lowest BCUT2D eigenvalue weighted by atomic mass is 9.88. The van der Waals surface area contributed by atoms with Crippen molar-refractivity contribution in [2.45, 2.75) is 83.3 Å². The molecule has 16 heteroatoms. The van der Waals surface area contributed by atoms with Crippen LogP contribution in [0.25, 0.3) is 0 Å². The number of aryl methyl sites for hydroxylation is 3. The van der Waals surface area contributed by atoms with Crippen LogP contribution in [0.2, 0.25) is 0 Å². The van der Waals surface area contributed by atoms with Gasteiger partial charge in [-0.25, -0.2) is 32.8 Å². The lowest BCUT2D eigenvalue weighted by Crippen LogP contribution is -2.73. The number of rotatable bonds is 6. The minimum Gasteiger partial charge on any atom is -0.445 e. The average molecular weight is 624 g/mol. The van der Waals surface area contributed by atoms with E-state index in [1.807, 2.05) is 6.92 Å². The highest BCUT2D eigenvalue weighted by atomic mass is 32.2. The maximum Gasteiger partial charge on any atom is 0.429 e. The summed E-state index contributed by atoms with van der Waals surface area (Å²) in [4.78, 5) is 39.7. The smallest absolute Gasteiger partial charge is 0.429 e. The molecule has 1 aromatic heterocycles. The number of nitrogens with zero attached hydrogens (tertiary/aromatic N) is 4. The number of hydrogen-bond donors (Lipinski definition) is 2. The zero-order valence-corrected chi connectivity index (χ0v) is 25.9. The number of benzene rings is 1. The molecule has 0 radical (unpaired) electrons. The summed E-state index contributed by atoms with van der Waals surface area (Å²) in [5.41, 5.74) is -0.709. The summed E-state index contributed by atoms with van der Waals surface area (Å²) in [6.45, 7) is 9.82. The Morgan fingerprint density at radius 2 is 1.63 bits per heavy atom. The third kappa shape index (κ3) is 6.40. The molecule has 3 heterocycles. The number of carbonyl (C=O) groups is 3. The van der Waals surface area contributed by atoms with Crippen LogP contribution in [0.5, 0.6) is 0 Å². The number of anilines is 1. The number of carbonyl (C=O) groups excluding carboxylic acids is 3. The lowest BCUT2D eigenvalue weighted by molar-refractivity contribution is -0.190. The van der Waals surface area contributed by atoms with Gasteiger partial charge in [-0.15, -0.1) is 0 Å². The largest absolute Gasteiger partial charge is 0.445 e. The molecule has 4 rings (SSSR count). The second-order valence-electron chi connectivity index (χ2n) is 11.1. The van der Waals surface area contributed by atoms with Crippen LogP contribution in [0.3, 0.4) is 0 Å². The standard InChI is InChI=1S/C27H37N5O10S/c1-15(2)39-25(34)31-13-22(41-24(33)28-23-18(6)29-42-19(23)7)27(36)14-30(12-21(27)32(31)26(35)40-16(3)4)43(37,38)20-10-8-17(5)9-11-20/h8-11,15-16,21-22,36H,12-14H2,1-7H3,(H,28,33)/t21-,22+,27-/m1/s1. The SMILES string of the molecule is Cc1ccc(S(=O)(=O)N2C[C@H]3N(C(=O)OC(C)C)N(C(=O)OC(C)C)C[C@H](OC(=O)Nc4c(C)noc4C)[C@@]3(O)C2)cc1. The maximum absolute atomic E-state index is 13.7. The quantitative estimate of drug-likeness (QED) is 0.452. The van der Waals surface area contributed by atoms with Crippen molar-refractivity contribution in [2.75, 3.05) is 25.0 Å². The third-order valence-corrected chi connectivity index (χ3v) is 8.90. The molecule has 0 unspecified atom stereocenters. The predicted molar refractivity (Wildman–Crippen MR) is 150 cm³/mol. The molecular formula is C27H37N5O10S. The molecule has 43 heavy (non-hydrogen) atoms. The summed E-state index contributed by atoms with van der Waals surface area (Å²) in [5, 5.41) is 20.1. The molecule has 0 aliphatic carbocycles. The first-order valence-corrected chi connectivity index (χ1v) is 15.2. The molecular weight excluding hydrogens is 586 g/mol. The number of amides is 3. The van der Waals surface area contributed by atoms with Crippen LogP contribution >= 0.6 is 0 Å². The van der Waals surface area contributed by atoms with Gasteiger partial charge >= 0.3 is 18.3 Å². The first-order chi connectivity index (χ1) is 20.0. The minimum absolute atomic E-state index is 0.0404. The van der Waals surface area contributed by atoms with Crippen molar-refractivity contribution in [1.29, 1.82) is 0 Å². The Morgan fingerprint density at radius 1 is 1.02 bits per heavy atom. The van der Waals surface area contributed by atoms with Crippen molar-refractivity contribution in [2.24, 2.45) is 0 Å². The van der Waals surface area contributed by atoms with Gasteiger partial charge in [-0.2, -0.15) is 4.31 Å². The number of aromatic nitrogens is 1. The number of hydrazine groups is 1. The summed E-state index contributed by atoms with van der Waals surface area (Å²) >= 11 is 0. The summed E-state index contributed by atoms with van der Waals surface area (Å²) in [5.74, 6) is 0.302. The first kappa shape index (κ1) is 32.0. The molecule has 3 atom stereocenters. The summed E-state index contributed by atoms with van der Waals surface area (Å²) < 4.78 is 49.8. The van der Waals surface area contributed by atoms with Gasteiger partial charge in [0.15, 0.2) is 11.9 Å². The van der Waals surface area contributed by atoms with Gasteiger partial charge in [0.25, 0.3) is 0 Å². The van der Waals surface area contributed by atoms with E-state index in [-0.39, 0.29) is 10.6 Å². The molecule has 1 aromatic carbocycles. The van der Waals surface area contributed by atoms with Crippen molar-refractivity contribution in [3.8, 4) is 0 Å². The van der Waals surface area contributed by atoms with Gasteiger partial charge in [-0.1, -0.05) is 22.9 Å². The number of ether oxygens (including phenoxy) is 3. The van der Waals surface area contributed by atoms with Crippen LogP contribution < -0.4 is 5.32 Å². The molecule has 2 N–H and O–H groups in total. The molecule has 0 bridgehead atoms. The molecule has 2 aliphatic heterocycles. The zero-order valence-electron chi connectivity index (χ0n) is 25.1. The van der Waals surface area contributed by atoms with Crippen molar-refractivity contribution in [3.63, 3.8) is 0 Å². The average Bonchev–Trinajstić information content (AvgIpc) is 3.43. The van der Waals surface area contributed by atoms with Crippen LogP contribution in [0.1, 0.15) is 44.7 Å². The van der Waals surface area contributed by atoms with E-state index >= 15 is 0 Å². The van der Waals surface area contributed by atoms with Crippen LogP contribution in [-0.2, 0) is 24.2 Å². The fourth-order valence-corrected chi connectivity index (χ4v) is 6.48. The highest BCUT2D eigenvalue weighted by Gasteiger charge is 2.64. The highest BCUT2D eigenvalue weighted by Crippen LogP contribution is 2.40. The fourth-order valence-electron chi connectivity index (χ4n) is 4.99. The van der Waals surface area contributed by atoms with Gasteiger partial charge in [-0.3, -0.25) is 5.32 Å². The normalized spacial score (nSPS) is 22.5. The Balaban J connectivity index is 1.75. The predicted octanol–water partition coefficient (Wildman–Crippen LogP) is 2.94. The Kier molecular flexibility index (Phi) is 8.95. The van der Waals surface area contributed by atoms with E-state index < -0.39 is 77.9 Å². The number of β-amino-alcohol motifs (C(OH)–C–C–N with tert-alkyl or cyclic N) is 1. The molecule has 236 valence electrons. The van der Waals surface area contributed by atoms with Crippen molar-refractivity contribution < 1.29 is 46.6 Å². The van der Waals surface area contributed by atoms with Gasteiger partial charge in [-0.05, 0) is 60.6 Å². The van der Waals surface area contributed by atoms with Crippen molar-refractivity contribution in [1.82, 2.24) is 19.5 Å². The van der Waals surface area contributed by atoms with Crippen molar-refractivity contribution >= 4 is 34.0 Å². The maximum atomic E-state index is 13.7. The van der Waals surface area contributed by atoms with E-state index in [0.717, 1.165) is 19.9 Å². The van der Waals surface area contributed by atoms with Gasteiger partial charge < -0.3 is 23.8 Å². The fraction of sp³-hybridized carbons (Fsp3) is 0.556. The summed E-state index contributed by atoms with van der Waals surface area (Å²) in [6.07, 6.45) is -5.77. The van der Waals surface area contributed by atoms with Crippen LogP contribution in [-0.4, -0.2) is 101 Å². The van der Waals surface area contributed by atoms with E-state index in [1.54, 1.807) is 53.7 Å². The molecule has 3 amide bonds. The number of sulfonamides is 1. The van der Waals surface area contributed by atoms with E-state index in [1.165, 1.54) is 12.1 Å². The molecule has 2 aliphatic rings. The molecule has 15 nitrogen and oxygen atoms in total. The van der Waals surface area contributed by atoms with Crippen LogP contribution in [0.15, 0.2) is 33.7 Å². The Labute approximate surface area is 249 Å². The lowest BCUT2D eigenvalue weighted by Gasteiger charge is -2.50. The number of nitrogens with one attached hydrogen (secondary N) is 1. The second-order valence-corrected chi connectivity index (χ2v) is 13.1. The summed E-state index contributed by atoms with van der Waals surface area (Å²) in [6, 6.07) is 4.71. The van der Waals surface area contributed by atoms with E-state index in [4.69, 9.17) is 18.7 Å². The number of aliphatic hydroxyl groups is 1. The Bertz CT molecular complexity index is 1460. The van der Waals surface area contributed by atoms with E-state index in [9.17, 15) is 27.9 Å². The zero-order chi connectivity index (χ0) is 31.9. The van der Waals surface area contributed by atoms with Gasteiger partial charge in [0, 0.05) is 13.1 Å². The molecule has 2 aromatic rings. The molecule has 0 saturated carbocycles. The Hall–Kier alpha value is -3.89. The second kappa shape index (κ2) is 12.0. The van der Waals surface area contributed by atoms with Gasteiger partial charge in [0.2, 0.25) is 10.0 Å². The molecule has 0 spiro atoms. The van der Waals surface area contributed by atoms with Crippen molar-refractivity contribution in [3.05, 3.63) is 41.3 Å². The number of hydrogen-bond acceptors (Lipinski definition) is 11. The highest BCUT2D eigenvalue weighted by molar-refractivity contribution is 7.89. The monoisotopic (exact) mass is 623 g/mol. The van der Waals surface area contributed by atoms with E-state index in [0.29, 0.717) is 11.5 Å². The topological polar surface area (TPSA) is 181 Å². The minimum atomic E-state index is -4.20. The molecule has 2 saturated heterocycles. The third-order valence-electron chi connectivity index (χ3n) is 7.07. The van der Waals surface area contributed by atoms with Crippen LogP contribution in [0, 0.1) is 20.8 Å². The van der Waals surface area contributed by atoms with Crippen LogP contribution in [0.4, 0.5) is 20.1 Å².